The molecule has 1 fully saturated rings. The fraction of sp³-hybridized carbons (Fsp3) is 0.227. The molecule has 1 saturated heterocycles. The van der Waals surface area contributed by atoms with Gasteiger partial charge in [-0.3, -0.25) is 4.98 Å². The lowest BCUT2D eigenvalue weighted by Gasteiger charge is -2.27. The molecule has 3 aromatic heterocycles. The SMILES string of the molecule is Cc1cccc(Nc2nc(N3CCOCC3)nc3c2ncn3/N=C/c2cccnc2)c1. The predicted octanol–water partition coefficient (Wildman–Crippen LogP) is 2.99. The first-order valence-electron chi connectivity index (χ1n) is 10.1. The van der Waals surface area contributed by atoms with Crippen LogP contribution < -0.4 is 10.2 Å². The van der Waals surface area contributed by atoms with Gasteiger partial charge >= 0.3 is 0 Å². The standard InChI is InChI=1S/C22H22N8O/c1-16-4-2-6-18(12-16)26-20-19-21(28-22(27-20)29-8-10-31-11-9-29)30(15-24-19)25-14-17-5-3-7-23-13-17/h2-7,12-15H,8-11H2,1H3,(H,26,27,28)/b25-14+. The molecule has 4 heterocycles. The number of rotatable bonds is 5. The lowest BCUT2D eigenvalue weighted by Crippen LogP contribution is -2.37. The van der Waals surface area contributed by atoms with E-state index in [1.165, 1.54) is 0 Å². The van der Waals surface area contributed by atoms with Crippen LogP contribution in [-0.2, 0) is 4.74 Å². The van der Waals surface area contributed by atoms with Gasteiger partial charge in [0.1, 0.15) is 6.33 Å². The Morgan fingerprint density at radius 2 is 2.03 bits per heavy atom. The third-order valence-corrected chi connectivity index (χ3v) is 4.96. The highest BCUT2D eigenvalue weighted by molar-refractivity contribution is 5.87. The van der Waals surface area contributed by atoms with Gasteiger partial charge in [-0.25, -0.2) is 9.66 Å². The summed E-state index contributed by atoms with van der Waals surface area (Å²) in [6.07, 6.45) is 6.87. The van der Waals surface area contributed by atoms with Crippen molar-refractivity contribution in [2.24, 2.45) is 5.10 Å². The summed E-state index contributed by atoms with van der Waals surface area (Å²) < 4.78 is 7.15. The van der Waals surface area contributed by atoms with Gasteiger partial charge in [-0.05, 0) is 30.7 Å². The van der Waals surface area contributed by atoms with E-state index in [1.54, 1.807) is 29.6 Å². The number of pyridine rings is 1. The highest BCUT2D eigenvalue weighted by Gasteiger charge is 2.19. The molecule has 9 heteroatoms. The number of morpholine rings is 1. The van der Waals surface area contributed by atoms with Crippen molar-refractivity contribution >= 4 is 34.8 Å². The molecule has 1 N–H and O–H groups in total. The molecule has 156 valence electrons. The Hall–Kier alpha value is -3.85. The minimum atomic E-state index is 0.629. The highest BCUT2D eigenvalue weighted by atomic mass is 16.5. The predicted molar refractivity (Wildman–Crippen MR) is 120 cm³/mol. The second-order valence-electron chi connectivity index (χ2n) is 7.26. The zero-order chi connectivity index (χ0) is 21.0. The Morgan fingerprint density at radius 3 is 2.84 bits per heavy atom. The van der Waals surface area contributed by atoms with E-state index >= 15 is 0 Å². The molecular weight excluding hydrogens is 392 g/mol. The number of fused-ring (bicyclic) bond motifs is 1. The molecule has 0 saturated carbocycles. The first kappa shape index (κ1) is 19.1. The summed E-state index contributed by atoms with van der Waals surface area (Å²) in [5.74, 6) is 1.27. The van der Waals surface area contributed by atoms with Crippen molar-refractivity contribution < 1.29 is 4.74 Å². The molecule has 0 unspecified atom stereocenters. The number of aromatic nitrogens is 5. The van der Waals surface area contributed by atoms with Gasteiger partial charge in [0, 0.05) is 36.7 Å². The monoisotopic (exact) mass is 414 g/mol. The molecule has 1 aromatic carbocycles. The average Bonchev–Trinajstić information content (AvgIpc) is 3.22. The van der Waals surface area contributed by atoms with Crippen molar-refractivity contribution in [2.75, 3.05) is 36.5 Å². The first-order valence-corrected chi connectivity index (χ1v) is 10.1. The Kier molecular flexibility index (Phi) is 5.24. The van der Waals surface area contributed by atoms with Crippen LogP contribution in [0.3, 0.4) is 0 Å². The van der Waals surface area contributed by atoms with Crippen LogP contribution in [-0.4, -0.2) is 57.1 Å². The van der Waals surface area contributed by atoms with E-state index in [2.05, 4.69) is 44.3 Å². The van der Waals surface area contributed by atoms with Crippen LogP contribution in [0.15, 0.2) is 60.2 Å². The molecule has 31 heavy (non-hydrogen) atoms. The molecule has 0 radical (unpaired) electrons. The van der Waals surface area contributed by atoms with E-state index < -0.39 is 0 Å². The van der Waals surface area contributed by atoms with Crippen LogP contribution in [0.4, 0.5) is 17.5 Å². The van der Waals surface area contributed by atoms with E-state index in [4.69, 9.17) is 14.7 Å². The molecule has 5 rings (SSSR count). The fourth-order valence-corrected chi connectivity index (χ4v) is 3.39. The lowest BCUT2D eigenvalue weighted by molar-refractivity contribution is 0.122. The van der Waals surface area contributed by atoms with Crippen molar-refractivity contribution in [3.63, 3.8) is 0 Å². The van der Waals surface area contributed by atoms with Crippen molar-refractivity contribution in [3.05, 3.63) is 66.2 Å². The van der Waals surface area contributed by atoms with E-state index in [1.807, 2.05) is 24.3 Å². The molecule has 0 aliphatic carbocycles. The smallest absolute Gasteiger partial charge is 0.229 e. The molecule has 9 nitrogen and oxygen atoms in total. The van der Waals surface area contributed by atoms with Crippen LogP contribution in [0.25, 0.3) is 11.2 Å². The van der Waals surface area contributed by atoms with E-state index in [9.17, 15) is 0 Å². The van der Waals surface area contributed by atoms with Crippen molar-refractivity contribution in [3.8, 4) is 0 Å². The number of nitrogens with zero attached hydrogens (tertiary/aromatic N) is 7. The van der Waals surface area contributed by atoms with Crippen LogP contribution in [0.1, 0.15) is 11.1 Å². The molecule has 4 aromatic rings. The topological polar surface area (TPSA) is 93.3 Å². The quantitative estimate of drug-likeness (QED) is 0.502. The third-order valence-electron chi connectivity index (χ3n) is 4.96. The maximum atomic E-state index is 5.48. The Balaban J connectivity index is 1.57. The number of aryl methyl sites for hydroxylation is 1. The third kappa shape index (κ3) is 4.22. The Labute approximate surface area is 179 Å². The summed E-state index contributed by atoms with van der Waals surface area (Å²) in [4.78, 5) is 20.3. The van der Waals surface area contributed by atoms with Gasteiger partial charge < -0.3 is 15.0 Å². The van der Waals surface area contributed by atoms with Gasteiger partial charge in [0.15, 0.2) is 17.0 Å². The fourth-order valence-electron chi connectivity index (χ4n) is 3.39. The van der Waals surface area contributed by atoms with Gasteiger partial charge in [-0.15, -0.1) is 0 Å². The van der Waals surface area contributed by atoms with Crippen LogP contribution in [0, 0.1) is 6.92 Å². The zero-order valence-electron chi connectivity index (χ0n) is 17.1. The minimum Gasteiger partial charge on any atom is -0.378 e. The van der Waals surface area contributed by atoms with Gasteiger partial charge in [-0.1, -0.05) is 18.2 Å². The second-order valence-corrected chi connectivity index (χ2v) is 7.26. The molecule has 0 amide bonds. The molecular formula is C22H22N8O. The summed E-state index contributed by atoms with van der Waals surface area (Å²) >= 11 is 0. The van der Waals surface area contributed by atoms with Crippen LogP contribution in [0.5, 0.6) is 0 Å². The average molecular weight is 414 g/mol. The van der Waals surface area contributed by atoms with Gasteiger partial charge in [0.25, 0.3) is 0 Å². The van der Waals surface area contributed by atoms with E-state index in [0.29, 0.717) is 36.1 Å². The van der Waals surface area contributed by atoms with Crippen molar-refractivity contribution in [1.82, 2.24) is 24.6 Å². The number of imidazole rings is 1. The number of benzene rings is 1. The Morgan fingerprint density at radius 1 is 1.13 bits per heavy atom. The zero-order valence-corrected chi connectivity index (χ0v) is 17.1. The van der Waals surface area contributed by atoms with Crippen molar-refractivity contribution in [2.45, 2.75) is 6.92 Å². The molecule has 1 aliphatic rings. The maximum absolute atomic E-state index is 5.48. The van der Waals surface area contributed by atoms with Crippen molar-refractivity contribution in [1.29, 1.82) is 0 Å². The Bertz CT molecular complexity index is 1210. The molecule has 0 spiro atoms. The first-order chi connectivity index (χ1) is 15.3. The number of nitrogens with one attached hydrogen (secondary N) is 1. The maximum Gasteiger partial charge on any atom is 0.229 e. The van der Waals surface area contributed by atoms with Gasteiger partial charge in [0.05, 0.1) is 19.4 Å². The number of hydrogen-bond acceptors (Lipinski definition) is 8. The minimum absolute atomic E-state index is 0.629. The number of anilines is 3. The van der Waals surface area contributed by atoms with E-state index in [0.717, 1.165) is 29.9 Å². The normalized spacial score (nSPS) is 14.4. The largest absolute Gasteiger partial charge is 0.378 e. The molecule has 1 aliphatic heterocycles. The number of hydrogen-bond donors (Lipinski definition) is 1. The van der Waals surface area contributed by atoms with Gasteiger partial charge in [0.2, 0.25) is 5.95 Å². The highest BCUT2D eigenvalue weighted by Crippen LogP contribution is 2.26. The summed E-state index contributed by atoms with van der Waals surface area (Å²) in [6, 6.07) is 12.0. The van der Waals surface area contributed by atoms with E-state index in [-0.39, 0.29) is 0 Å². The van der Waals surface area contributed by atoms with Crippen LogP contribution >= 0.6 is 0 Å². The molecule has 0 atom stereocenters. The second kappa shape index (κ2) is 8.49. The lowest BCUT2D eigenvalue weighted by atomic mass is 10.2. The summed E-state index contributed by atoms with van der Waals surface area (Å²) in [5.41, 5.74) is 4.29. The summed E-state index contributed by atoms with van der Waals surface area (Å²) in [7, 11) is 0. The summed E-state index contributed by atoms with van der Waals surface area (Å²) in [5, 5.41) is 7.95. The summed E-state index contributed by atoms with van der Waals surface area (Å²) in [6.45, 7) is 4.84. The molecule has 0 bridgehead atoms. The van der Waals surface area contributed by atoms with Gasteiger partial charge in [-0.2, -0.15) is 15.1 Å². The van der Waals surface area contributed by atoms with Crippen LogP contribution in [0.2, 0.25) is 0 Å². The number of ether oxygens (including phenoxy) is 1.